The van der Waals surface area contributed by atoms with Gasteiger partial charge in [-0.2, -0.15) is 0 Å². The summed E-state index contributed by atoms with van der Waals surface area (Å²) in [6.45, 7) is 4.18. The molecular formula is C12H17NO. The Morgan fingerprint density at radius 2 is 1.93 bits per heavy atom. The first-order valence-corrected chi connectivity index (χ1v) is 5.06. The standard InChI is InChI=1S/C12H17NO/c1-3-4-5-12(13-14)11-8-6-10(2)7-9-11/h6-9,14H,3-5H2,1-2H3/b13-12+. The molecule has 0 unspecified atom stereocenters. The molecule has 0 aliphatic heterocycles. The van der Waals surface area contributed by atoms with Crippen molar-refractivity contribution < 1.29 is 5.21 Å². The van der Waals surface area contributed by atoms with E-state index in [2.05, 4.69) is 12.1 Å². The third-order valence-electron chi connectivity index (χ3n) is 2.27. The molecule has 1 N–H and O–H groups in total. The van der Waals surface area contributed by atoms with Gasteiger partial charge in [-0.3, -0.25) is 0 Å². The maximum absolute atomic E-state index is 8.86. The topological polar surface area (TPSA) is 32.6 Å². The zero-order chi connectivity index (χ0) is 10.4. The molecule has 0 heterocycles. The first-order chi connectivity index (χ1) is 6.77. The second-order valence-corrected chi connectivity index (χ2v) is 3.52. The Bertz CT molecular complexity index is 301. The molecule has 14 heavy (non-hydrogen) atoms. The van der Waals surface area contributed by atoms with Crippen molar-refractivity contribution in [1.29, 1.82) is 0 Å². The second kappa shape index (κ2) is 5.43. The molecule has 2 nitrogen and oxygen atoms in total. The molecule has 0 fully saturated rings. The SMILES string of the molecule is CCCC/C(=N\O)c1ccc(C)cc1. The van der Waals surface area contributed by atoms with Gasteiger partial charge in [0.05, 0.1) is 5.71 Å². The van der Waals surface area contributed by atoms with E-state index in [1.54, 1.807) is 0 Å². The molecule has 0 saturated heterocycles. The van der Waals surface area contributed by atoms with Crippen LogP contribution in [0.5, 0.6) is 0 Å². The molecule has 0 saturated carbocycles. The number of rotatable bonds is 4. The summed E-state index contributed by atoms with van der Waals surface area (Å²) in [4.78, 5) is 0. The summed E-state index contributed by atoms with van der Waals surface area (Å²) in [6, 6.07) is 8.07. The van der Waals surface area contributed by atoms with E-state index in [0.29, 0.717) is 0 Å². The highest BCUT2D eigenvalue weighted by atomic mass is 16.4. The van der Waals surface area contributed by atoms with E-state index in [9.17, 15) is 0 Å². The summed E-state index contributed by atoms with van der Waals surface area (Å²) in [6.07, 6.45) is 3.02. The maximum Gasteiger partial charge on any atom is 0.0867 e. The van der Waals surface area contributed by atoms with E-state index in [-0.39, 0.29) is 0 Å². The summed E-state index contributed by atoms with van der Waals surface area (Å²) in [5.41, 5.74) is 3.03. The van der Waals surface area contributed by atoms with Gasteiger partial charge in [0.2, 0.25) is 0 Å². The highest BCUT2D eigenvalue weighted by Gasteiger charge is 2.02. The average Bonchev–Trinajstić information content (AvgIpc) is 2.21. The molecular weight excluding hydrogens is 174 g/mol. The van der Waals surface area contributed by atoms with Crippen molar-refractivity contribution in [3.05, 3.63) is 35.4 Å². The molecule has 1 aromatic rings. The van der Waals surface area contributed by atoms with Gasteiger partial charge in [0, 0.05) is 0 Å². The predicted octanol–water partition coefficient (Wildman–Crippen LogP) is 3.36. The highest BCUT2D eigenvalue weighted by Crippen LogP contribution is 2.09. The zero-order valence-corrected chi connectivity index (χ0v) is 8.83. The van der Waals surface area contributed by atoms with E-state index in [1.807, 2.05) is 31.2 Å². The van der Waals surface area contributed by atoms with Crippen LogP contribution < -0.4 is 0 Å². The van der Waals surface area contributed by atoms with Crippen molar-refractivity contribution >= 4 is 5.71 Å². The lowest BCUT2D eigenvalue weighted by atomic mass is 10.0. The molecule has 0 radical (unpaired) electrons. The van der Waals surface area contributed by atoms with Crippen LogP contribution in [0, 0.1) is 6.92 Å². The maximum atomic E-state index is 8.86. The van der Waals surface area contributed by atoms with Crippen LogP contribution in [0.25, 0.3) is 0 Å². The van der Waals surface area contributed by atoms with Crippen LogP contribution in [0.3, 0.4) is 0 Å². The van der Waals surface area contributed by atoms with Gasteiger partial charge in [-0.25, -0.2) is 0 Å². The minimum Gasteiger partial charge on any atom is -0.411 e. The minimum atomic E-state index is 0.784. The third-order valence-corrected chi connectivity index (χ3v) is 2.27. The van der Waals surface area contributed by atoms with Crippen LogP contribution in [-0.2, 0) is 0 Å². The first-order valence-electron chi connectivity index (χ1n) is 5.06. The average molecular weight is 191 g/mol. The quantitative estimate of drug-likeness (QED) is 0.442. The van der Waals surface area contributed by atoms with E-state index in [1.165, 1.54) is 5.56 Å². The molecule has 0 aliphatic carbocycles. The normalized spacial score (nSPS) is 11.7. The summed E-state index contributed by atoms with van der Waals surface area (Å²) in [5.74, 6) is 0. The molecule has 1 rings (SSSR count). The fraction of sp³-hybridized carbons (Fsp3) is 0.417. The summed E-state index contributed by atoms with van der Waals surface area (Å²) in [5, 5.41) is 12.2. The van der Waals surface area contributed by atoms with Crippen molar-refractivity contribution in [1.82, 2.24) is 0 Å². The van der Waals surface area contributed by atoms with Gasteiger partial charge in [0.15, 0.2) is 0 Å². The van der Waals surface area contributed by atoms with Crippen molar-refractivity contribution in [3.8, 4) is 0 Å². The minimum absolute atomic E-state index is 0.784. The van der Waals surface area contributed by atoms with E-state index >= 15 is 0 Å². The fourth-order valence-corrected chi connectivity index (χ4v) is 1.34. The number of nitrogens with zero attached hydrogens (tertiary/aromatic N) is 1. The van der Waals surface area contributed by atoms with Crippen molar-refractivity contribution in [2.75, 3.05) is 0 Å². The number of benzene rings is 1. The van der Waals surface area contributed by atoms with Gasteiger partial charge in [0.25, 0.3) is 0 Å². The van der Waals surface area contributed by atoms with Crippen LogP contribution in [0.1, 0.15) is 37.3 Å². The smallest absolute Gasteiger partial charge is 0.0867 e. The monoisotopic (exact) mass is 191 g/mol. The summed E-state index contributed by atoms with van der Waals surface area (Å²) >= 11 is 0. The summed E-state index contributed by atoms with van der Waals surface area (Å²) in [7, 11) is 0. The van der Waals surface area contributed by atoms with Gasteiger partial charge in [-0.1, -0.05) is 48.3 Å². The highest BCUT2D eigenvalue weighted by molar-refractivity contribution is 6.00. The lowest BCUT2D eigenvalue weighted by Crippen LogP contribution is -2.00. The third kappa shape index (κ3) is 2.87. The Morgan fingerprint density at radius 1 is 1.29 bits per heavy atom. The van der Waals surface area contributed by atoms with Crippen LogP contribution >= 0.6 is 0 Å². The molecule has 0 amide bonds. The van der Waals surface area contributed by atoms with Gasteiger partial charge < -0.3 is 5.21 Å². The molecule has 0 aromatic heterocycles. The second-order valence-electron chi connectivity index (χ2n) is 3.52. The first kappa shape index (κ1) is 10.8. The number of hydrogen-bond acceptors (Lipinski definition) is 2. The van der Waals surface area contributed by atoms with E-state index in [0.717, 1.165) is 30.5 Å². The summed E-state index contributed by atoms with van der Waals surface area (Å²) < 4.78 is 0. The van der Waals surface area contributed by atoms with Crippen LogP contribution in [0.2, 0.25) is 0 Å². The Balaban J connectivity index is 2.75. The molecule has 0 spiro atoms. The Hall–Kier alpha value is -1.31. The molecule has 0 bridgehead atoms. The Morgan fingerprint density at radius 3 is 2.43 bits per heavy atom. The largest absolute Gasteiger partial charge is 0.411 e. The van der Waals surface area contributed by atoms with Crippen molar-refractivity contribution in [3.63, 3.8) is 0 Å². The zero-order valence-electron chi connectivity index (χ0n) is 8.83. The number of hydrogen-bond donors (Lipinski definition) is 1. The Kier molecular flexibility index (Phi) is 4.17. The van der Waals surface area contributed by atoms with Gasteiger partial charge in [-0.15, -0.1) is 0 Å². The molecule has 0 atom stereocenters. The van der Waals surface area contributed by atoms with E-state index < -0.39 is 0 Å². The lowest BCUT2D eigenvalue weighted by Gasteiger charge is -2.03. The predicted molar refractivity (Wildman–Crippen MR) is 59.0 cm³/mol. The van der Waals surface area contributed by atoms with Crippen LogP contribution in [0.15, 0.2) is 29.4 Å². The molecule has 0 aliphatic rings. The van der Waals surface area contributed by atoms with E-state index in [4.69, 9.17) is 5.21 Å². The molecule has 2 heteroatoms. The van der Waals surface area contributed by atoms with Gasteiger partial charge >= 0.3 is 0 Å². The Labute approximate surface area is 85.3 Å². The number of unbranched alkanes of at least 4 members (excludes halogenated alkanes) is 1. The van der Waals surface area contributed by atoms with Crippen LogP contribution in [-0.4, -0.2) is 10.9 Å². The number of aryl methyl sites for hydroxylation is 1. The lowest BCUT2D eigenvalue weighted by molar-refractivity contribution is 0.318. The van der Waals surface area contributed by atoms with Gasteiger partial charge in [0.1, 0.15) is 0 Å². The van der Waals surface area contributed by atoms with Crippen molar-refractivity contribution in [2.45, 2.75) is 33.1 Å². The number of oxime groups is 1. The van der Waals surface area contributed by atoms with Gasteiger partial charge in [-0.05, 0) is 25.3 Å². The fourth-order valence-electron chi connectivity index (χ4n) is 1.34. The van der Waals surface area contributed by atoms with Crippen LogP contribution in [0.4, 0.5) is 0 Å². The molecule has 76 valence electrons. The van der Waals surface area contributed by atoms with Crippen molar-refractivity contribution in [2.24, 2.45) is 5.16 Å². The molecule has 1 aromatic carbocycles.